The van der Waals surface area contributed by atoms with E-state index in [0.717, 1.165) is 10.8 Å². The van der Waals surface area contributed by atoms with Crippen LogP contribution in [0.15, 0.2) is 42.5 Å². The SMILES string of the molecule is CC(N)CNC(=O)c1cccc2ccccc12. The summed E-state index contributed by atoms with van der Waals surface area (Å²) in [5.41, 5.74) is 6.31. The van der Waals surface area contributed by atoms with Crippen molar-refractivity contribution in [3.8, 4) is 0 Å². The average molecular weight is 228 g/mol. The number of nitrogens with one attached hydrogen (secondary N) is 1. The van der Waals surface area contributed by atoms with Gasteiger partial charge in [-0.3, -0.25) is 4.79 Å². The largest absolute Gasteiger partial charge is 0.350 e. The Morgan fingerprint density at radius 3 is 2.71 bits per heavy atom. The second kappa shape index (κ2) is 4.97. The standard InChI is InChI=1S/C14H16N2O/c1-10(15)9-16-14(17)13-8-4-6-11-5-2-3-7-12(11)13/h2-8,10H,9,15H2,1H3,(H,16,17). The molecule has 3 N–H and O–H groups in total. The van der Waals surface area contributed by atoms with E-state index in [4.69, 9.17) is 5.73 Å². The fourth-order valence-corrected chi connectivity index (χ4v) is 1.77. The maximum absolute atomic E-state index is 12.0. The number of hydrogen-bond donors (Lipinski definition) is 2. The van der Waals surface area contributed by atoms with Gasteiger partial charge in [-0.1, -0.05) is 36.4 Å². The number of fused-ring (bicyclic) bond motifs is 1. The van der Waals surface area contributed by atoms with Crippen molar-refractivity contribution in [2.75, 3.05) is 6.54 Å². The van der Waals surface area contributed by atoms with Crippen LogP contribution in [0.1, 0.15) is 17.3 Å². The molecule has 1 amide bonds. The summed E-state index contributed by atoms with van der Waals surface area (Å²) in [5, 5.41) is 4.87. The molecule has 0 fully saturated rings. The molecule has 2 aromatic carbocycles. The third kappa shape index (κ3) is 2.63. The van der Waals surface area contributed by atoms with Gasteiger partial charge >= 0.3 is 0 Å². The van der Waals surface area contributed by atoms with E-state index in [2.05, 4.69) is 5.32 Å². The molecule has 0 saturated heterocycles. The third-order valence-electron chi connectivity index (χ3n) is 2.62. The normalized spacial score (nSPS) is 12.4. The van der Waals surface area contributed by atoms with Crippen LogP contribution in [-0.2, 0) is 0 Å². The molecule has 0 bridgehead atoms. The zero-order valence-corrected chi connectivity index (χ0v) is 9.81. The molecule has 3 nitrogen and oxygen atoms in total. The highest BCUT2D eigenvalue weighted by Gasteiger charge is 2.09. The van der Waals surface area contributed by atoms with Crippen molar-refractivity contribution < 1.29 is 4.79 Å². The molecule has 0 radical (unpaired) electrons. The molecular weight excluding hydrogens is 212 g/mol. The maximum Gasteiger partial charge on any atom is 0.251 e. The highest BCUT2D eigenvalue weighted by molar-refractivity contribution is 6.06. The number of nitrogens with two attached hydrogens (primary N) is 1. The molecule has 0 spiro atoms. The number of benzene rings is 2. The first kappa shape index (κ1) is 11.6. The van der Waals surface area contributed by atoms with E-state index in [1.54, 1.807) is 0 Å². The second-order valence-corrected chi connectivity index (χ2v) is 4.21. The minimum absolute atomic E-state index is 0.0334. The van der Waals surface area contributed by atoms with Crippen LogP contribution < -0.4 is 11.1 Å². The topological polar surface area (TPSA) is 55.1 Å². The molecule has 2 aromatic rings. The zero-order chi connectivity index (χ0) is 12.3. The lowest BCUT2D eigenvalue weighted by molar-refractivity contribution is 0.0953. The van der Waals surface area contributed by atoms with E-state index in [1.807, 2.05) is 49.4 Å². The van der Waals surface area contributed by atoms with E-state index < -0.39 is 0 Å². The summed E-state index contributed by atoms with van der Waals surface area (Å²) in [4.78, 5) is 12.0. The number of hydrogen-bond acceptors (Lipinski definition) is 2. The molecule has 2 rings (SSSR count). The van der Waals surface area contributed by atoms with Gasteiger partial charge in [0.2, 0.25) is 0 Å². The first-order valence-electron chi connectivity index (χ1n) is 5.70. The summed E-state index contributed by atoms with van der Waals surface area (Å²) in [6.07, 6.45) is 0. The van der Waals surface area contributed by atoms with Crippen LogP contribution in [0.5, 0.6) is 0 Å². The minimum Gasteiger partial charge on any atom is -0.350 e. The Hall–Kier alpha value is -1.87. The van der Waals surface area contributed by atoms with Gasteiger partial charge in [-0.2, -0.15) is 0 Å². The van der Waals surface area contributed by atoms with Crippen LogP contribution in [0.4, 0.5) is 0 Å². The Morgan fingerprint density at radius 1 is 1.24 bits per heavy atom. The zero-order valence-electron chi connectivity index (χ0n) is 9.81. The van der Waals surface area contributed by atoms with Crippen LogP contribution in [0.2, 0.25) is 0 Å². The van der Waals surface area contributed by atoms with Crippen molar-refractivity contribution >= 4 is 16.7 Å². The quantitative estimate of drug-likeness (QED) is 0.843. The smallest absolute Gasteiger partial charge is 0.251 e. The van der Waals surface area contributed by atoms with Gasteiger partial charge in [0, 0.05) is 18.2 Å². The fraction of sp³-hybridized carbons (Fsp3) is 0.214. The molecule has 0 aliphatic rings. The van der Waals surface area contributed by atoms with Gasteiger partial charge in [0.05, 0.1) is 0 Å². The van der Waals surface area contributed by atoms with Crippen LogP contribution in [-0.4, -0.2) is 18.5 Å². The molecule has 17 heavy (non-hydrogen) atoms. The van der Waals surface area contributed by atoms with Gasteiger partial charge in [-0.15, -0.1) is 0 Å². The fourth-order valence-electron chi connectivity index (χ4n) is 1.77. The Kier molecular flexibility index (Phi) is 3.40. The predicted molar refractivity (Wildman–Crippen MR) is 69.9 cm³/mol. The van der Waals surface area contributed by atoms with Crippen molar-refractivity contribution in [3.63, 3.8) is 0 Å². The summed E-state index contributed by atoms with van der Waals surface area (Å²) >= 11 is 0. The molecule has 0 aromatic heterocycles. The lowest BCUT2D eigenvalue weighted by atomic mass is 10.0. The Bertz CT molecular complexity index is 529. The van der Waals surface area contributed by atoms with E-state index in [1.165, 1.54) is 0 Å². The van der Waals surface area contributed by atoms with Crippen LogP contribution >= 0.6 is 0 Å². The molecule has 0 saturated carbocycles. The highest BCUT2D eigenvalue weighted by Crippen LogP contribution is 2.18. The number of carbonyl (C=O) groups is 1. The summed E-state index contributed by atoms with van der Waals surface area (Å²) in [6.45, 7) is 2.35. The van der Waals surface area contributed by atoms with E-state index in [0.29, 0.717) is 12.1 Å². The van der Waals surface area contributed by atoms with Gasteiger partial charge in [-0.05, 0) is 23.8 Å². The molecule has 0 aliphatic carbocycles. The molecular formula is C14H16N2O. The second-order valence-electron chi connectivity index (χ2n) is 4.21. The molecule has 1 atom stereocenters. The molecule has 3 heteroatoms. The van der Waals surface area contributed by atoms with E-state index in [-0.39, 0.29) is 11.9 Å². The Morgan fingerprint density at radius 2 is 1.94 bits per heavy atom. The highest BCUT2D eigenvalue weighted by atomic mass is 16.1. The lowest BCUT2D eigenvalue weighted by Crippen LogP contribution is -2.35. The number of amides is 1. The lowest BCUT2D eigenvalue weighted by Gasteiger charge is -2.09. The van der Waals surface area contributed by atoms with Crippen molar-refractivity contribution in [2.24, 2.45) is 5.73 Å². The third-order valence-corrected chi connectivity index (χ3v) is 2.62. The van der Waals surface area contributed by atoms with Gasteiger partial charge in [0.25, 0.3) is 5.91 Å². The Labute approximate surface area is 101 Å². The van der Waals surface area contributed by atoms with Crippen LogP contribution in [0.3, 0.4) is 0 Å². The maximum atomic E-state index is 12.0. The number of rotatable bonds is 3. The average Bonchev–Trinajstić information content (AvgIpc) is 2.35. The van der Waals surface area contributed by atoms with Crippen molar-refractivity contribution in [1.29, 1.82) is 0 Å². The summed E-state index contributed by atoms with van der Waals surface area (Å²) in [7, 11) is 0. The molecule has 0 aliphatic heterocycles. The van der Waals surface area contributed by atoms with Gasteiger partial charge in [0.1, 0.15) is 0 Å². The molecule has 0 heterocycles. The first-order chi connectivity index (χ1) is 8.18. The summed E-state index contributed by atoms with van der Waals surface area (Å²) < 4.78 is 0. The van der Waals surface area contributed by atoms with Crippen LogP contribution in [0.25, 0.3) is 10.8 Å². The summed E-state index contributed by atoms with van der Waals surface area (Å²) in [5.74, 6) is -0.0703. The van der Waals surface area contributed by atoms with E-state index in [9.17, 15) is 4.79 Å². The van der Waals surface area contributed by atoms with Crippen molar-refractivity contribution in [2.45, 2.75) is 13.0 Å². The van der Waals surface area contributed by atoms with Gasteiger partial charge in [-0.25, -0.2) is 0 Å². The molecule has 88 valence electrons. The Balaban J connectivity index is 2.32. The predicted octanol–water partition coefficient (Wildman–Crippen LogP) is 1.92. The van der Waals surface area contributed by atoms with E-state index >= 15 is 0 Å². The van der Waals surface area contributed by atoms with Crippen molar-refractivity contribution in [1.82, 2.24) is 5.32 Å². The molecule has 1 unspecified atom stereocenters. The number of carbonyl (C=O) groups excluding carboxylic acids is 1. The minimum atomic E-state index is -0.0703. The van der Waals surface area contributed by atoms with Gasteiger partial charge in [0.15, 0.2) is 0 Å². The summed E-state index contributed by atoms with van der Waals surface area (Å²) in [6, 6.07) is 13.5. The van der Waals surface area contributed by atoms with Gasteiger partial charge < -0.3 is 11.1 Å². The first-order valence-corrected chi connectivity index (χ1v) is 5.70. The van der Waals surface area contributed by atoms with Crippen LogP contribution in [0, 0.1) is 0 Å². The van der Waals surface area contributed by atoms with Crippen molar-refractivity contribution in [3.05, 3.63) is 48.0 Å². The monoisotopic (exact) mass is 228 g/mol.